The maximum atomic E-state index is 10.9. The molecule has 0 saturated heterocycles. The largest absolute Gasteiger partial charge is 0.287 e. The summed E-state index contributed by atoms with van der Waals surface area (Å²) < 4.78 is 0. The zero-order valence-corrected chi connectivity index (χ0v) is 10.1. The fraction of sp³-hybridized carbons (Fsp3) is 0.385. The summed E-state index contributed by atoms with van der Waals surface area (Å²) in [6, 6.07) is 6.81. The smallest absolute Gasteiger partial charge is 0.258 e. The van der Waals surface area contributed by atoms with Gasteiger partial charge >= 0.3 is 0 Å². The van der Waals surface area contributed by atoms with E-state index in [1.54, 1.807) is 6.07 Å². The number of nitriles is 2. The lowest BCUT2D eigenvalue weighted by Crippen LogP contribution is -2.02. The Labute approximate surface area is 105 Å². The van der Waals surface area contributed by atoms with E-state index in [2.05, 4.69) is 0 Å². The van der Waals surface area contributed by atoms with Crippen molar-refractivity contribution in [1.82, 2.24) is 0 Å². The molecule has 0 aliphatic carbocycles. The highest BCUT2D eigenvalue weighted by molar-refractivity contribution is 5.56. The molecule has 0 atom stereocenters. The summed E-state index contributed by atoms with van der Waals surface area (Å²) in [5.41, 5.74) is 1.29. The van der Waals surface area contributed by atoms with E-state index in [0.29, 0.717) is 17.5 Å². The van der Waals surface area contributed by atoms with Gasteiger partial charge in [0, 0.05) is 6.07 Å². The van der Waals surface area contributed by atoms with Gasteiger partial charge in [0.1, 0.15) is 11.6 Å². The SMILES string of the molecule is CCCCc1c(CC#N)ccc([N+](=O)[O-])c1C#N. The number of unbranched alkanes of at least 4 members (excludes halogenated alkanes) is 1. The van der Waals surface area contributed by atoms with Crippen LogP contribution in [0.5, 0.6) is 0 Å². The van der Waals surface area contributed by atoms with Crippen LogP contribution >= 0.6 is 0 Å². The van der Waals surface area contributed by atoms with Crippen molar-refractivity contribution in [2.75, 3.05) is 0 Å². The Balaban J connectivity index is 3.37. The van der Waals surface area contributed by atoms with Crippen LogP contribution < -0.4 is 0 Å². The van der Waals surface area contributed by atoms with Crippen LogP contribution in [-0.4, -0.2) is 4.92 Å². The highest BCUT2D eigenvalue weighted by Crippen LogP contribution is 2.26. The summed E-state index contributed by atoms with van der Waals surface area (Å²) in [5, 5.41) is 28.7. The molecule has 0 unspecified atom stereocenters. The van der Waals surface area contributed by atoms with Crippen molar-refractivity contribution in [2.45, 2.75) is 32.6 Å². The molecule has 1 aromatic rings. The zero-order chi connectivity index (χ0) is 13.5. The lowest BCUT2D eigenvalue weighted by atomic mass is 9.94. The molecule has 0 aliphatic heterocycles. The van der Waals surface area contributed by atoms with Crippen molar-refractivity contribution < 1.29 is 4.92 Å². The van der Waals surface area contributed by atoms with E-state index in [4.69, 9.17) is 10.5 Å². The van der Waals surface area contributed by atoms with Gasteiger partial charge in [0.2, 0.25) is 0 Å². The van der Waals surface area contributed by atoms with Gasteiger partial charge < -0.3 is 0 Å². The lowest BCUT2D eigenvalue weighted by molar-refractivity contribution is -0.385. The fourth-order valence-corrected chi connectivity index (χ4v) is 1.85. The van der Waals surface area contributed by atoms with Gasteiger partial charge in [0.25, 0.3) is 5.69 Å². The number of rotatable bonds is 5. The van der Waals surface area contributed by atoms with Gasteiger partial charge in [-0.25, -0.2) is 0 Å². The molecule has 1 rings (SSSR count). The highest BCUT2D eigenvalue weighted by Gasteiger charge is 2.20. The molecule has 0 aliphatic rings. The molecule has 0 saturated carbocycles. The van der Waals surface area contributed by atoms with Crippen LogP contribution in [-0.2, 0) is 12.8 Å². The van der Waals surface area contributed by atoms with E-state index in [-0.39, 0.29) is 17.7 Å². The van der Waals surface area contributed by atoms with E-state index >= 15 is 0 Å². The zero-order valence-electron chi connectivity index (χ0n) is 10.1. The standard InChI is InChI=1S/C13H13N3O2/c1-2-3-4-11-10(7-8-14)5-6-13(16(17)18)12(11)9-15/h5-6H,2-4,7H2,1H3. The van der Waals surface area contributed by atoms with Gasteiger partial charge in [-0.15, -0.1) is 0 Å². The summed E-state index contributed by atoms with van der Waals surface area (Å²) in [6.07, 6.45) is 2.54. The third-order valence-corrected chi connectivity index (χ3v) is 2.75. The van der Waals surface area contributed by atoms with E-state index in [0.717, 1.165) is 12.8 Å². The molecule has 0 spiro atoms. The Morgan fingerprint density at radius 3 is 2.61 bits per heavy atom. The quantitative estimate of drug-likeness (QED) is 0.587. The Morgan fingerprint density at radius 2 is 2.11 bits per heavy atom. The first kappa shape index (κ1) is 13.7. The monoisotopic (exact) mass is 243 g/mol. The Bertz CT molecular complexity index is 538. The third-order valence-electron chi connectivity index (χ3n) is 2.75. The minimum absolute atomic E-state index is 0.0983. The minimum Gasteiger partial charge on any atom is -0.258 e. The van der Waals surface area contributed by atoms with Gasteiger partial charge in [-0.3, -0.25) is 10.1 Å². The Hall–Kier alpha value is -2.40. The summed E-state index contributed by atoms with van der Waals surface area (Å²) in [5.74, 6) is 0. The molecule has 0 N–H and O–H groups in total. The molecule has 0 radical (unpaired) electrons. The number of nitro benzene ring substituents is 1. The molecular weight excluding hydrogens is 230 g/mol. The van der Waals surface area contributed by atoms with Crippen LogP contribution in [0, 0.1) is 32.8 Å². The van der Waals surface area contributed by atoms with Crippen molar-refractivity contribution in [2.24, 2.45) is 0 Å². The highest BCUT2D eigenvalue weighted by atomic mass is 16.6. The molecule has 1 aromatic carbocycles. The predicted octanol–water partition coefficient (Wildman–Crippen LogP) is 2.88. The van der Waals surface area contributed by atoms with E-state index in [9.17, 15) is 10.1 Å². The maximum absolute atomic E-state index is 10.9. The molecule has 0 amide bonds. The van der Waals surface area contributed by atoms with Crippen molar-refractivity contribution in [1.29, 1.82) is 10.5 Å². The maximum Gasteiger partial charge on any atom is 0.287 e. The van der Waals surface area contributed by atoms with Crippen molar-refractivity contribution in [3.63, 3.8) is 0 Å². The summed E-state index contributed by atoms with van der Waals surface area (Å²) in [4.78, 5) is 10.3. The van der Waals surface area contributed by atoms with Crippen LogP contribution in [0.15, 0.2) is 12.1 Å². The second-order valence-corrected chi connectivity index (χ2v) is 3.90. The van der Waals surface area contributed by atoms with Crippen LogP contribution in [0.1, 0.15) is 36.5 Å². The molecule has 5 heteroatoms. The van der Waals surface area contributed by atoms with Gasteiger partial charge in [0.15, 0.2) is 0 Å². The Morgan fingerprint density at radius 1 is 1.39 bits per heavy atom. The van der Waals surface area contributed by atoms with Crippen molar-refractivity contribution in [3.05, 3.63) is 38.9 Å². The molecule has 0 fully saturated rings. The number of benzene rings is 1. The third kappa shape index (κ3) is 2.83. The molecule has 0 aromatic heterocycles. The summed E-state index contributed by atoms with van der Waals surface area (Å²) in [7, 11) is 0. The van der Waals surface area contributed by atoms with Gasteiger partial charge in [-0.05, 0) is 24.0 Å². The van der Waals surface area contributed by atoms with Crippen LogP contribution in [0.4, 0.5) is 5.69 Å². The molecule has 5 nitrogen and oxygen atoms in total. The summed E-state index contributed by atoms with van der Waals surface area (Å²) in [6.45, 7) is 2.01. The topological polar surface area (TPSA) is 90.7 Å². The number of hydrogen-bond acceptors (Lipinski definition) is 4. The fourth-order valence-electron chi connectivity index (χ4n) is 1.85. The minimum atomic E-state index is -0.551. The van der Waals surface area contributed by atoms with Crippen LogP contribution in [0.25, 0.3) is 0 Å². The van der Waals surface area contributed by atoms with Crippen LogP contribution in [0.3, 0.4) is 0 Å². The van der Waals surface area contributed by atoms with Crippen molar-refractivity contribution >= 4 is 5.69 Å². The van der Waals surface area contributed by atoms with E-state index in [1.807, 2.05) is 19.1 Å². The molecule has 92 valence electrons. The van der Waals surface area contributed by atoms with Gasteiger partial charge in [0.05, 0.1) is 17.4 Å². The lowest BCUT2D eigenvalue weighted by Gasteiger charge is -2.08. The van der Waals surface area contributed by atoms with Crippen molar-refractivity contribution in [3.8, 4) is 12.1 Å². The van der Waals surface area contributed by atoms with Crippen LogP contribution in [0.2, 0.25) is 0 Å². The van der Waals surface area contributed by atoms with E-state index in [1.165, 1.54) is 6.07 Å². The second kappa shape index (κ2) is 6.36. The number of nitrogens with zero attached hydrogens (tertiary/aromatic N) is 3. The Kier molecular flexibility index (Phi) is 4.83. The van der Waals surface area contributed by atoms with Gasteiger partial charge in [-0.2, -0.15) is 10.5 Å². The van der Waals surface area contributed by atoms with E-state index < -0.39 is 4.92 Å². The first-order chi connectivity index (χ1) is 8.65. The average molecular weight is 243 g/mol. The predicted molar refractivity (Wildman–Crippen MR) is 65.7 cm³/mol. The molecule has 0 bridgehead atoms. The summed E-state index contributed by atoms with van der Waals surface area (Å²) >= 11 is 0. The first-order valence-electron chi connectivity index (χ1n) is 5.71. The normalized spacial score (nSPS) is 9.50. The molecule has 18 heavy (non-hydrogen) atoms. The molecular formula is C13H13N3O2. The molecule has 0 heterocycles. The average Bonchev–Trinajstić information content (AvgIpc) is 2.36. The number of nitro groups is 1. The second-order valence-electron chi connectivity index (χ2n) is 3.90. The first-order valence-corrected chi connectivity index (χ1v) is 5.71. The van der Waals surface area contributed by atoms with Gasteiger partial charge in [-0.1, -0.05) is 19.4 Å². The number of hydrogen-bond donors (Lipinski definition) is 0.